The van der Waals surface area contributed by atoms with E-state index in [0.29, 0.717) is 5.92 Å². The number of hydrogen-bond donors (Lipinski definition) is 1. The molecule has 1 amide bonds. The lowest BCUT2D eigenvalue weighted by Crippen LogP contribution is -2.07. The minimum Gasteiger partial charge on any atom is -0.323 e. The van der Waals surface area contributed by atoms with Crippen LogP contribution in [0.25, 0.3) is 6.08 Å². The number of nitro groups is 1. The van der Waals surface area contributed by atoms with Crippen molar-refractivity contribution in [2.75, 3.05) is 5.32 Å². The number of non-ortho nitro benzene ring substituents is 1. The molecule has 5 heteroatoms. The molecular weight excluding hydrogens is 304 g/mol. The highest BCUT2D eigenvalue weighted by Gasteiger charge is 2.04. The van der Waals surface area contributed by atoms with E-state index in [9.17, 15) is 14.9 Å². The molecule has 1 unspecified atom stereocenters. The van der Waals surface area contributed by atoms with Crippen LogP contribution in [-0.4, -0.2) is 10.8 Å². The number of carbonyl (C=O) groups excluding carboxylic acids is 1. The van der Waals surface area contributed by atoms with Crippen LogP contribution in [0.5, 0.6) is 0 Å². The fourth-order valence-electron chi connectivity index (χ4n) is 2.19. The average Bonchev–Trinajstić information content (AvgIpc) is 2.60. The van der Waals surface area contributed by atoms with Crippen LogP contribution in [-0.2, 0) is 4.79 Å². The number of hydrogen-bond acceptors (Lipinski definition) is 3. The van der Waals surface area contributed by atoms with E-state index in [2.05, 4.69) is 19.2 Å². The predicted molar refractivity (Wildman–Crippen MR) is 95.9 cm³/mol. The topological polar surface area (TPSA) is 72.2 Å². The van der Waals surface area contributed by atoms with Crippen LogP contribution >= 0.6 is 0 Å². The quantitative estimate of drug-likeness (QED) is 0.473. The Morgan fingerprint density at radius 3 is 2.33 bits per heavy atom. The van der Waals surface area contributed by atoms with Crippen LogP contribution in [0.4, 0.5) is 11.4 Å². The number of carbonyl (C=O) groups is 1. The van der Waals surface area contributed by atoms with Gasteiger partial charge in [0.2, 0.25) is 5.91 Å². The monoisotopic (exact) mass is 324 g/mol. The number of benzene rings is 2. The Morgan fingerprint density at radius 2 is 1.79 bits per heavy atom. The Morgan fingerprint density at radius 1 is 1.17 bits per heavy atom. The molecule has 0 saturated carbocycles. The van der Waals surface area contributed by atoms with Crippen molar-refractivity contribution in [3.8, 4) is 0 Å². The van der Waals surface area contributed by atoms with E-state index in [1.54, 1.807) is 18.2 Å². The normalized spacial score (nSPS) is 12.1. The number of amides is 1. The van der Waals surface area contributed by atoms with Gasteiger partial charge in [-0.1, -0.05) is 26.0 Å². The third kappa shape index (κ3) is 4.78. The SMILES string of the molecule is CCC(C)c1ccc(NC(=O)C=Cc2ccc([N+](=O)[O-])cc2)cc1. The van der Waals surface area contributed by atoms with Crippen molar-refractivity contribution in [1.29, 1.82) is 0 Å². The molecule has 0 saturated heterocycles. The highest BCUT2D eigenvalue weighted by Crippen LogP contribution is 2.20. The van der Waals surface area contributed by atoms with Crippen LogP contribution in [0.2, 0.25) is 0 Å². The first-order valence-corrected chi connectivity index (χ1v) is 7.83. The number of anilines is 1. The van der Waals surface area contributed by atoms with Gasteiger partial charge in [-0.05, 0) is 53.8 Å². The predicted octanol–water partition coefficient (Wildman–Crippen LogP) is 4.76. The molecule has 2 rings (SSSR count). The summed E-state index contributed by atoms with van der Waals surface area (Å²) < 4.78 is 0. The highest BCUT2D eigenvalue weighted by atomic mass is 16.6. The van der Waals surface area contributed by atoms with Crippen molar-refractivity contribution in [2.45, 2.75) is 26.2 Å². The summed E-state index contributed by atoms with van der Waals surface area (Å²) in [5.74, 6) is 0.251. The summed E-state index contributed by atoms with van der Waals surface area (Å²) >= 11 is 0. The van der Waals surface area contributed by atoms with Crippen molar-refractivity contribution in [3.05, 3.63) is 75.8 Å². The molecule has 0 bridgehead atoms. The van der Waals surface area contributed by atoms with Gasteiger partial charge in [-0.15, -0.1) is 0 Å². The molecule has 1 atom stereocenters. The van der Waals surface area contributed by atoms with Gasteiger partial charge < -0.3 is 5.32 Å². The highest BCUT2D eigenvalue weighted by molar-refractivity contribution is 6.01. The first-order chi connectivity index (χ1) is 11.5. The molecule has 2 aromatic carbocycles. The van der Waals surface area contributed by atoms with E-state index in [-0.39, 0.29) is 11.6 Å². The van der Waals surface area contributed by atoms with Gasteiger partial charge in [0.25, 0.3) is 5.69 Å². The van der Waals surface area contributed by atoms with Crippen LogP contribution in [0.15, 0.2) is 54.6 Å². The van der Waals surface area contributed by atoms with Gasteiger partial charge in [-0.25, -0.2) is 0 Å². The fraction of sp³-hybridized carbons (Fsp3) is 0.211. The molecule has 0 heterocycles. The molecule has 0 radical (unpaired) electrons. The minimum atomic E-state index is -0.455. The van der Waals surface area contributed by atoms with Crippen molar-refractivity contribution in [1.82, 2.24) is 0 Å². The summed E-state index contributed by atoms with van der Waals surface area (Å²) in [6.45, 7) is 4.31. The van der Waals surface area contributed by atoms with Gasteiger partial charge >= 0.3 is 0 Å². The molecule has 1 N–H and O–H groups in total. The van der Waals surface area contributed by atoms with E-state index < -0.39 is 4.92 Å². The molecule has 0 aliphatic heterocycles. The van der Waals surface area contributed by atoms with Crippen molar-refractivity contribution in [3.63, 3.8) is 0 Å². The lowest BCUT2D eigenvalue weighted by atomic mass is 9.99. The average molecular weight is 324 g/mol. The Hall–Kier alpha value is -2.95. The summed E-state index contributed by atoms with van der Waals surface area (Å²) in [6.07, 6.45) is 4.10. The van der Waals surface area contributed by atoms with Crippen LogP contribution < -0.4 is 5.32 Å². The van der Waals surface area contributed by atoms with Gasteiger partial charge in [-0.2, -0.15) is 0 Å². The smallest absolute Gasteiger partial charge is 0.269 e. The summed E-state index contributed by atoms with van der Waals surface area (Å²) in [7, 11) is 0. The molecule has 124 valence electrons. The first-order valence-electron chi connectivity index (χ1n) is 7.83. The van der Waals surface area contributed by atoms with E-state index in [4.69, 9.17) is 0 Å². The Kier molecular flexibility index (Phi) is 5.84. The number of nitrogens with one attached hydrogen (secondary N) is 1. The molecule has 24 heavy (non-hydrogen) atoms. The first kappa shape index (κ1) is 17.4. The molecule has 5 nitrogen and oxygen atoms in total. The van der Waals surface area contributed by atoms with Gasteiger partial charge in [0.05, 0.1) is 4.92 Å². The summed E-state index contributed by atoms with van der Waals surface area (Å²) in [5, 5.41) is 13.4. The molecule has 0 aliphatic carbocycles. The zero-order valence-electron chi connectivity index (χ0n) is 13.7. The Bertz CT molecular complexity index is 734. The zero-order valence-corrected chi connectivity index (χ0v) is 13.7. The van der Waals surface area contributed by atoms with Gasteiger partial charge in [0.15, 0.2) is 0 Å². The standard InChI is InChI=1S/C19H20N2O3/c1-3-14(2)16-7-9-17(10-8-16)20-19(22)13-6-15-4-11-18(12-5-15)21(23)24/h4-14H,3H2,1-2H3,(H,20,22). The van der Waals surface area contributed by atoms with Crippen LogP contribution in [0.3, 0.4) is 0 Å². The van der Waals surface area contributed by atoms with E-state index in [0.717, 1.165) is 17.7 Å². The molecule has 0 fully saturated rings. The van der Waals surface area contributed by atoms with E-state index in [1.165, 1.54) is 23.8 Å². The van der Waals surface area contributed by atoms with Gasteiger partial charge in [0, 0.05) is 23.9 Å². The molecular formula is C19H20N2O3. The summed E-state index contributed by atoms with van der Waals surface area (Å²) in [6, 6.07) is 13.8. The Labute approximate surface area is 141 Å². The van der Waals surface area contributed by atoms with Crippen LogP contribution in [0, 0.1) is 10.1 Å². The van der Waals surface area contributed by atoms with E-state index in [1.807, 2.05) is 24.3 Å². The third-order valence-electron chi connectivity index (χ3n) is 3.89. The van der Waals surface area contributed by atoms with E-state index >= 15 is 0 Å². The van der Waals surface area contributed by atoms with Crippen molar-refractivity contribution < 1.29 is 9.72 Å². The second-order valence-corrected chi connectivity index (χ2v) is 5.60. The lowest BCUT2D eigenvalue weighted by Gasteiger charge is -2.09. The second kappa shape index (κ2) is 8.06. The maximum atomic E-state index is 11.9. The third-order valence-corrected chi connectivity index (χ3v) is 3.89. The van der Waals surface area contributed by atoms with Crippen LogP contribution in [0.1, 0.15) is 37.3 Å². The van der Waals surface area contributed by atoms with Crippen molar-refractivity contribution in [2.24, 2.45) is 0 Å². The molecule has 0 aliphatic rings. The maximum Gasteiger partial charge on any atom is 0.269 e. The number of nitro benzene ring substituents is 1. The number of rotatable bonds is 6. The Balaban J connectivity index is 1.96. The summed E-state index contributed by atoms with van der Waals surface area (Å²) in [5.41, 5.74) is 2.73. The minimum absolute atomic E-state index is 0.0259. The largest absolute Gasteiger partial charge is 0.323 e. The van der Waals surface area contributed by atoms with Crippen molar-refractivity contribution >= 4 is 23.4 Å². The number of nitrogens with zero attached hydrogens (tertiary/aromatic N) is 1. The molecule has 0 spiro atoms. The molecule has 0 aromatic heterocycles. The zero-order chi connectivity index (χ0) is 17.5. The molecule has 2 aromatic rings. The lowest BCUT2D eigenvalue weighted by molar-refractivity contribution is -0.384. The maximum absolute atomic E-state index is 11.9. The fourth-order valence-corrected chi connectivity index (χ4v) is 2.19. The second-order valence-electron chi connectivity index (χ2n) is 5.60. The van der Waals surface area contributed by atoms with Gasteiger partial charge in [-0.3, -0.25) is 14.9 Å². The van der Waals surface area contributed by atoms with Gasteiger partial charge in [0.1, 0.15) is 0 Å². The summed E-state index contributed by atoms with van der Waals surface area (Å²) in [4.78, 5) is 22.1.